The third-order valence-electron chi connectivity index (χ3n) is 5.96. The first-order valence-electron chi connectivity index (χ1n) is 10.2. The predicted octanol–water partition coefficient (Wildman–Crippen LogP) is 4.11. The molecular formula is C21H23F3N4O3. The van der Waals surface area contributed by atoms with E-state index in [1.165, 1.54) is 0 Å². The maximum absolute atomic E-state index is 13.8. The Balaban J connectivity index is 1.66. The molecule has 1 aliphatic carbocycles. The van der Waals surface area contributed by atoms with Crippen molar-refractivity contribution in [1.29, 1.82) is 0 Å². The van der Waals surface area contributed by atoms with E-state index in [-0.39, 0.29) is 17.8 Å². The second-order valence-corrected chi connectivity index (χ2v) is 7.98. The number of anilines is 1. The maximum atomic E-state index is 13.8. The number of rotatable bonds is 5. The number of nitrogens with zero attached hydrogens (tertiary/aromatic N) is 2. The van der Waals surface area contributed by atoms with Gasteiger partial charge in [0.15, 0.2) is 11.8 Å². The lowest BCUT2D eigenvalue weighted by molar-refractivity contribution is -0.173. The van der Waals surface area contributed by atoms with Crippen LogP contribution in [0, 0.1) is 0 Å². The molecule has 2 aliphatic rings. The largest absolute Gasteiger partial charge is 0.441 e. The molecule has 1 aromatic heterocycles. The van der Waals surface area contributed by atoms with Gasteiger partial charge < -0.3 is 15.4 Å². The van der Waals surface area contributed by atoms with Crippen LogP contribution in [0.25, 0.3) is 0 Å². The Kier molecular flexibility index (Phi) is 5.63. The minimum absolute atomic E-state index is 0.00279. The molecule has 10 heteroatoms. The molecule has 2 unspecified atom stereocenters. The highest BCUT2D eigenvalue weighted by atomic mass is 19.4. The van der Waals surface area contributed by atoms with Gasteiger partial charge in [0.05, 0.1) is 12.2 Å². The lowest BCUT2D eigenvalue weighted by atomic mass is 9.91. The van der Waals surface area contributed by atoms with Crippen molar-refractivity contribution in [3.63, 3.8) is 0 Å². The van der Waals surface area contributed by atoms with Crippen molar-refractivity contribution < 1.29 is 27.5 Å². The molecule has 1 aromatic carbocycles. The molecule has 166 valence electrons. The van der Waals surface area contributed by atoms with Gasteiger partial charge in [0.1, 0.15) is 11.4 Å². The minimum atomic E-state index is -4.53. The van der Waals surface area contributed by atoms with Crippen molar-refractivity contribution in [2.24, 2.45) is 0 Å². The summed E-state index contributed by atoms with van der Waals surface area (Å²) in [5, 5.41) is 9.66. The molecule has 1 amide bonds. The Morgan fingerprint density at radius 3 is 2.58 bits per heavy atom. The van der Waals surface area contributed by atoms with E-state index in [1.807, 2.05) is 0 Å². The van der Waals surface area contributed by atoms with Gasteiger partial charge in [-0.1, -0.05) is 36.8 Å². The number of hydrogen-bond acceptors (Lipinski definition) is 5. The van der Waals surface area contributed by atoms with Crippen LogP contribution in [0.5, 0.6) is 0 Å². The zero-order valence-corrected chi connectivity index (χ0v) is 16.7. The summed E-state index contributed by atoms with van der Waals surface area (Å²) in [6.45, 7) is 0.294. The smallest absolute Gasteiger partial charge is 0.410 e. The van der Waals surface area contributed by atoms with Gasteiger partial charge in [-0.15, -0.1) is 0 Å². The molecular weight excluding hydrogens is 413 g/mol. The zero-order chi connectivity index (χ0) is 22.1. The highest BCUT2D eigenvalue weighted by Crippen LogP contribution is 2.44. The fraction of sp³-hybridized carbons (Fsp3) is 0.476. The van der Waals surface area contributed by atoms with Gasteiger partial charge in [-0.2, -0.15) is 18.3 Å². The van der Waals surface area contributed by atoms with Gasteiger partial charge in [-0.3, -0.25) is 9.59 Å². The van der Waals surface area contributed by atoms with Gasteiger partial charge in [0.25, 0.3) is 12.4 Å². The molecule has 2 N–H and O–H groups in total. The van der Waals surface area contributed by atoms with Crippen LogP contribution in [-0.2, 0) is 9.53 Å². The number of benzene rings is 1. The van der Waals surface area contributed by atoms with E-state index in [0.717, 1.165) is 30.1 Å². The summed E-state index contributed by atoms with van der Waals surface area (Å²) < 4.78 is 47.4. The average molecular weight is 436 g/mol. The average Bonchev–Trinajstić information content (AvgIpc) is 3.18. The molecule has 7 nitrogen and oxygen atoms in total. The van der Waals surface area contributed by atoms with Crippen molar-refractivity contribution in [1.82, 2.24) is 15.1 Å². The summed E-state index contributed by atoms with van der Waals surface area (Å²) in [5.74, 6) is -0.635. The monoisotopic (exact) mass is 436 g/mol. The normalized spacial score (nSPS) is 22.7. The van der Waals surface area contributed by atoms with E-state index < -0.39 is 29.9 Å². The number of ether oxygens (including phenoxy) is 1. The van der Waals surface area contributed by atoms with E-state index >= 15 is 0 Å². The summed E-state index contributed by atoms with van der Waals surface area (Å²) in [5.41, 5.74) is -0.485. The molecule has 1 aliphatic heterocycles. The van der Waals surface area contributed by atoms with E-state index in [9.17, 15) is 22.8 Å². The number of fused-ring (bicyclic) bond motifs is 1. The first kappa shape index (κ1) is 21.2. The standard InChI is InChI=1S/C21H23F3N4O3/c22-21(23,24)17-11-16(14-7-3-1-4-8-14)26-18-15(12-25-28(17)18)19(30)27-20(31-13-29)9-5-2-6-10-20/h1,3-4,7-8,12-13,16-17,26H,2,5-6,9-11H2,(H,27,30). The van der Waals surface area contributed by atoms with Crippen LogP contribution in [0.1, 0.15) is 66.5 Å². The SMILES string of the molecule is O=COC1(NC(=O)c2cnn3c2NC(c2ccccc2)CC3C(F)(F)F)CCCCC1. The van der Waals surface area contributed by atoms with E-state index in [2.05, 4.69) is 15.7 Å². The van der Waals surface area contributed by atoms with E-state index in [4.69, 9.17) is 4.74 Å². The molecule has 2 aromatic rings. The number of amides is 1. The summed E-state index contributed by atoms with van der Waals surface area (Å²) in [7, 11) is 0. The number of nitrogens with one attached hydrogen (secondary N) is 2. The molecule has 31 heavy (non-hydrogen) atoms. The van der Waals surface area contributed by atoms with Gasteiger partial charge in [-0.25, -0.2) is 4.68 Å². The molecule has 0 saturated heterocycles. The third kappa shape index (κ3) is 4.24. The van der Waals surface area contributed by atoms with Gasteiger partial charge in [0, 0.05) is 19.3 Å². The van der Waals surface area contributed by atoms with Crippen LogP contribution >= 0.6 is 0 Å². The molecule has 1 fully saturated rings. The van der Waals surface area contributed by atoms with Crippen LogP contribution in [0.4, 0.5) is 19.0 Å². The third-order valence-corrected chi connectivity index (χ3v) is 5.96. The van der Waals surface area contributed by atoms with Crippen LogP contribution in [0.15, 0.2) is 36.5 Å². The highest BCUT2D eigenvalue weighted by molar-refractivity contribution is 5.99. The topological polar surface area (TPSA) is 85.2 Å². The zero-order valence-electron chi connectivity index (χ0n) is 16.7. The fourth-order valence-electron chi connectivity index (χ4n) is 4.39. The van der Waals surface area contributed by atoms with E-state index in [1.54, 1.807) is 30.3 Å². The van der Waals surface area contributed by atoms with Crippen molar-refractivity contribution in [3.05, 3.63) is 47.7 Å². The van der Waals surface area contributed by atoms with Gasteiger partial charge in [-0.05, 0) is 18.4 Å². The van der Waals surface area contributed by atoms with Gasteiger partial charge in [0.2, 0.25) is 0 Å². The lowest BCUT2D eigenvalue weighted by Crippen LogP contribution is -2.51. The fourth-order valence-corrected chi connectivity index (χ4v) is 4.39. The second kappa shape index (κ2) is 8.24. The number of hydrogen-bond donors (Lipinski definition) is 2. The summed E-state index contributed by atoms with van der Waals surface area (Å²) in [4.78, 5) is 24.0. The quantitative estimate of drug-likeness (QED) is 0.544. The Morgan fingerprint density at radius 1 is 1.23 bits per heavy atom. The number of halogens is 3. The van der Waals surface area contributed by atoms with Crippen molar-refractivity contribution in [2.45, 2.75) is 62.5 Å². The summed E-state index contributed by atoms with van der Waals surface area (Å²) in [6, 6.07) is 6.26. The van der Waals surface area contributed by atoms with Crippen LogP contribution in [-0.4, -0.2) is 34.1 Å². The molecule has 4 rings (SSSR count). The molecule has 0 bridgehead atoms. The molecule has 0 spiro atoms. The van der Waals surface area contributed by atoms with E-state index in [0.29, 0.717) is 24.9 Å². The first-order chi connectivity index (χ1) is 14.8. The highest BCUT2D eigenvalue weighted by Gasteiger charge is 2.47. The Bertz CT molecular complexity index is 939. The van der Waals surface area contributed by atoms with Crippen molar-refractivity contribution in [2.75, 3.05) is 5.32 Å². The van der Waals surface area contributed by atoms with Crippen molar-refractivity contribution >= 4 is 18.2 Å². The molecule has 2 atom stereocenters. The Hall–Kier alpha value is -3.04. The number of carbonyl (C=O) groups is 2. The first-order valence-corrected chi connectivity index (χ1v) is 10.2. The molecule has 1 saturated carbocycles. The number of aromatic nitrogens is 2. The lowest BCUT2D eigenvalue weighted by Gasteiger charge is -2.36. The predicted molar refractivity (Wildman–Crippen MR) is 105 cm³/mol. The number of alkyl halides is 3. The molecule has 2 heterocycles. The second-order valence-electron chi connectivity index (χ2n) is 7.98. The number of carbonyl (C=O) groups excluding carboxylic acids is 2. The summed E-state index contributed by atoms with van der Waals surface area (Å²) in [6.07, 6.45) is -0.262. The maximum Gasteiger partial charge on any atom is 0.410 e. The van der Waals surface area contributed by atoms with Crippen LogP contribution < -0.4 is 10.6 Å². The Labute approximate surface area is 176 Å². The minimum Gasteiger partial charge on any atom is -0.441 e. The summed E-state index contributed by atoms with van der Waals surface area (Å²) >= 11 is 0. The van der Waals surface area contributed by atoms with Gasteiger partial charge >= 0.3 is 6.18 Å². The van der Waals surface area contributed by atoms with Crippen LogP contribution in [0.2, 0.25) is 0 Å². The van der Waals surface area contributed by atoms with Crippen LogP contribution in [0.3, 0.4) is 0 Å². The molecule has 0 radical (unpaired) electrons. The van der Waals surface area contributed by atoms with Crippen molar-refractivity contribution in [3.8, 4) is 0 Å². The Morgan fingerprint density at radius 2 is 1.94 bits per heavy atom.